The number of anilines is 1. The number of nitrogens with one attached hydrogen (secondary N) is 1. The number of amides is 2. The van der Waals surface area contributed by atoms with E-state index >= 15 is 0 Å². The van der Waals surface area contributed by atoms with Crippen molar-refractivity contribution in [3.63, 3.8) is 0 Å². The van der Waals surface area contributed by atoms with Gasteiger partial charge in [0.1, 0.15) is 6.04 Å². The Kier molecular flexibility index (Phi) is 5.07. The first-order chi connectivity index (χ1) is 13.9. The van der Waals surface area contributed by atoms with Crippen LogP contribution in [0, 0.1) is 6.92 Å². The molecule has 1 N–H and O–H groups in total. The number of halogens is 1. The molecule has 0 radical (unpaired) electrons. The Morgan fingerprint density at radius 3 is 2.52 bits per heavy atom. The van der Waals surface area contributed by atoms with Crippen molar-refractivity contribution >= 4 is 29.1 Å². The van der Waals surface area contributed by atoms with Gasteiger partial charge in [0.05, 0.1) is 11.3 Å². The van der Waals surface area contributed by atoms with E-state index < -0.39 is 6.04 Å². The summed E-state index contributed by atoms with van der Waals surface area (Å²) in [5.74, 6) is -0.456. The monoisotopic (exact) mass is 405 g/mol. The van der Waals surface area contributed by atoms with Crippen molar-refractivity contribution in [3.8, 4) is 11.1 Å². The van der Waals surface area contributed by atoms with Crippen LogP contribution in [-0.2, 0) is 11.2 Å². The van der Waals surface area contributed by atoms with E-state index in [9.17, 15) is 9.59 Å². The first-order valence-electron chi connectivity index (χ1n) is 9.32. The van der Waals surface area contributed by atoms with Crippen molar-refractivity contribution < 1.29 is 9.59 Å². The minimum absolute atomic E-state index is 0.159. The van der Waals surface area contributed by atoms with Gasteiger partial charge in [-0.15, -0.1) is 0 Å². The molecule has 2 aromatic carbocycles. The molecule has 1 aliphatic rings. The topological polar surface area (TPSA) is 62.3 Å². The Labute approximate surface area is 174 Å². The van der Waals surface area contributed by atoms with Gasteiger partial charge in [0, 0.05) is 30.4 Å². The molecule has 146 valence electrons. The molecule has 2 amide bonds. The third-order valence-corrected chi connectivity index (χ3v) is 5.36. The lowest BCUT2D eigenvalue weighted by Crippen LogP contribution is -2.45. The average molecular weight is 406 g/mol. The molecule has 4 rings (SSSR count). The Morgan fingerprint density at radius 1 is 1.03 bits per heavy atom. The standard InChI is InChI=1S/C23H20ClN3O2/c1-14-11-17(9-10-25-14)16-5-3-15(4-6-16)12-20-23(29)27(2)21-8-7-18(24)13-19(21)22(28)26-20/h3-11,13,20H,12H2,1-2H3,(H,26,28)/t20-/m1/s1. The molecule has 2 heterocycles. The number of pyridine rings is 1. The average Bonchev–Trinajstić information content (AvgIpc) is 2.80. The highest BCUT2D eigenvalue weighted by atomic mass is 35.5. The minimum atomic E-state index is -0.646. The molecule has 1 aromatic heterocycles. The van der Waals surface area contributed by atoms with E-state index in [4.69, 9.17) is 11.6 Å². The van der Waals surface area contributed by atoms with Crippen LogP contribution in [-0.4, -0.2) is 29.9 Å². The van der Waals surface area contributed by atoms with Gasteiger partial charge in [-0.3, -0.25) is 14.6 Å². The van der Waals surface area contributed by atoms with Crippen molar-refractivity contribution in [2.24, 2.45) is 0 Å². The van der Waals surface area contributed by atoms with Crippen LogP contribution in [0.3, 0.4) is 0 Å². The lowest BCUT2D eigenvalue weighted by atomic mass is 10.0. The third kappa shape index (κ3) is 3.87. The molecule has 5 nitrogen and oxygen atoms in total. The fourth-order valence-corrected chi connectivity index (χ4v) is 3.74. The van der Waals surface area contributed by atoms with Crippen molar-refractivity contribution in [1.29, 1.82) is 0 Å². The summed E-state index contributed by atoms with van der Waals surface area (Å²) in [4.78, 5) is 31.3. The highest BCUT2D eigenvalue weighted by Gasteiger charge is 2.31. The largest absolute Gasteiger partial charge is 0.340 e. The highest BCUT2D eigenvalue weighted by Crippen LogP contribution is 2.27. The van der Waals surface area contributed by atoms with Crippen LogP contribution in [0.5, 0.6) is 0 Å². The fourth-order valence-electron chi connectivity index (χ4n) is 3.57. The maximum atomic E-state index is 12.9. The molecule has 3 aromatic rings. The lowest BCUT2D eigenvalue weighted by molar-refractivity contribution is -0.120. The molecular weight excluding hydrogens is 386 g/mol. The molecule has 0 unspecified atom stereocenters. The van der Waals surface area contributed by atoms with E-state index in [1.54, 1.807) is 31.4 Å². The summed E-state index contributed by atoms with van der Waals surface area (Å²) in [6.07, 6.45) is 2.20. The molecule has 0 aliphatic carbocycles. The van der Waals surface area contributed by atoms with Crippen LogP contribution in [0.1, 0.15) is 21.6 Å². The van der Waals surface area contributed by atoms with Crippen molar-refractivity contribution in [2.75, 3.05) is 11.9 Å². The number of rotatable bonds is 3. The SMILES string of the molecule is Cc1cc(-c2ccc(C[C@H]3NC(=O)c4cc(Cl)ccc4N(C)C3=O)cc2)ccn1. The lowest BCUT2D eigenvalue weighted by Gasteiger charge is -2.21. The highest BCUT2D eigenvalue weighted by molar-refractivity contribution is 6.31. The first-order valence-corrected chi connectivity index (χ1v) is 9.70. The maximum Gasteiger partial charge on any atom is 0.254 e. The predicted octanol–water partition coefficient (Wildman–Crippen LogP) is 4.03. The van der Waals surface area contributed by atoms with Crippen molar-refractivity contribution in [2.45, 2.75) is 19.4 Å². The Hall–Kier alpha value is -3.18. The second-order valence-electron chi connectivity index (χ2n) is 7.17. The molecule has 0 fully saturated rings. The van der Waals surface area contributed by atoms with Gasteiger partial charge in [-0.05, 0) is 53.9 Å². The molecule has 0 saturated carbocycles. The van der Waals surface area contributed by atoms with Crippen LogP contribution < -0.4 is 10.2 Å². The van der Waals surface area contributed by atoms with Gasteiger partial charge in [-0.25, -0.2) is 0 Å². The molecule has 0 bridgehead atoms. The van der Waals surface area contributed by atoms with E-state index in [1.165, 1.54) is 4.90 Å². The number of nitrogens with zero attached hydrogens (tertiary/aromatic N) is 2. The number of aryl methyl sites for hydroxylation is 1. The molecule has 6 heteroatoms. The zero-order valence-corrected chi connectivity index (χ0v) is 16.9. The van der Waals surface area contributed by atoms with Crippen LogP contribution in [0.15, 0.2) is 60.8 Å². The Balaban J connectivity index is 1.57. The van der Waals surface area contributed by atoms with Gasteiger partial charge in [-0.2, -0.15) is 0 Å². The quantitative estimate of drug-likeness (QED) is 0.715. The Bertz CT molecular complexity index is 1100. The van der Waals surface area contributed by atoms with Crippen LogP contribution in [0.4, 0.5) is 5.69 Å². The number of carbonyl (C=O) groups is 2. The minimum Gasteiger partial charge on any atom is -0.340 e. The number of aromatic nitrogens is 1. The summed E-state index contributed by atoms with van der Waals surface area (Å²) < 4.78 is 0. The number of fused-ring (bicyclic) bond motifs is 1. The molecule has 0 saturated heterocycles. The number of benzene rings is 2. The van der Waals surface area contributed by atoms with E-state index in [-0.39, 0.29) is 11.8 Å². The summed E-state index contributed by atoms with van der Waals surface area (Å²) in [6.45, 7) is 1.96. The van der Waals surface area contributed by atoms with Crippen molar-refractivity contribution in [1.82, 2.24) is 10.3 Å². The van der Waals surface area contributed by atoms with Crippen LogP contribution >= 0.6 is 11.6 Å². The summed E-state index contributed by atoms with van der Waals surface area (Å²) in [5.41, 5.74) is 5.06. The zero-order valence-electron chi connectivity index (χ0n) is 16.1. The smallest absolute Gasteiger partial charge is 0.254 e. The van der Waals surface area contributed by atoms with E-state index in [0.29, 0.717) is 22.7 Å². The first kappa shape index (κ1) is 19.2. The van der Waals surface area contributed by atoms with Gasteiger partial charge in [0.25, 0.3) is 5.91 Å². The number of hydrogen-bond acceptors (Lipinski definition) is 3. The van der Waals surface area contributed by atoms with Crippen LogP contribution in [0.2, 0.25) is 5.02 Å². The summed E-state index contributed by atoms with van der Waals surface area (Å²) in [7, 11) is 1.68. The van der Waals surface area contributed by atoms with E-state index in [2.05, 4.69) is 10.3 Å². The third-order valence-electron chi connectivity index (χ3n) is 5.12. The van der Waals surface area contributed by atoms with Crippen LogP contribution in [0.25, 0.3) is 11.1 Å². The molecule has 0 spiro atoms. The summed E-state index contributed by atoms with van der Waals surface area (Å²) in [5, 5.41) is 3.31. The Morgan fingerprint density at radius 2 is 1.79 bits per heavy atom. The van der Waals surface area contributed by atoms with Gasteiger partial charge in [0.2, 0.25) is 5.91 Å². The van der Waals surface area contributed by atoms with E-state index in [0.717, 1.165) is 22.4 Å². The van der Waals surface area contributed by atoms with Gasteiger partial charge in [0.15, 0.2) is 0 Å². The van der Waals surface area contributed by atoms with Gasteiger partial charge < -0.3 is 10.2 Å². The number of hydrogen-bond donors (Lipinski definition) is 1. The second kappa shape index (κ2) is 7.68. The summed E-state index contributed by atoms with van der Waals surface area (Å²) in [6, 6.07) is 16.3. The number of likely N-dealkylation sites (N-methyl/N-ethyl adjacent to an activating group) is 1. The molecule has 1 atom stereocenters. The second-order valence-corrected chi connectivity index (χ2v) is 7.61. The normalized spacial score (nSPS) is 16.2. The van der Waals surface area contributed by atoms with Gasteiger partial charge >= 0.3 is 0 Å². The predicted molar refractivity (Wildman–Crippen MR) is 114 cm³/mol. The molecule has 1 aliphatic heterocycles. The fraction of sp³-hybridized carbons (Fsp3) is 0.174. The molecular formula is C23H20ClN3O2. The number of carbonyl (C=O) groups excluding carboxylic acids is 2. The van der Waals surface area contributed by atoms with Gasteiger partial charge in [-0.1, -0.05) is 35.9 Å². The van der Waals surface area contributed by atoms with Crippen molar-refractivity contribution in [3.05, 3.63) is 82.6 Å². The maximum absolute atomic E-state index is 12.9. The van der Waals surface area contributed by atoms with E-state index in [1.807, 2.05) is 43.3 Å². The zero-order chi connectivity index (χ0) is 20.5. The summed E-state index contributed by atoms with van der Waals surface area (Å²) >= 11 is 6.03. The molecule has 29 heavy (non-hydrogen) atoms.